The van der Waals surface area contributed by atoms with Crippen LogP contribution in [0.2, 0.25) is 0 Å². The van der Waals surface area contributed by atoms with E-state index >= 15 is 0 Å². The fourth-order valence-electron chi connectivity index (χ4n) is 3.75. The van der Waals surface area contributed by atoms with E-state index < -0.39 is 0 Å². The molecule has 0 amide bonds. The van der Waals surface area contributed by atoms with Gasteiger partial charge < -0.3 is 10.5 Å². The Balaban J connectivity index is 2.32. The van der Waals surface area contributed by atoms with Crippen molar-refractivity contribution in [2.75, 3.05) is 12.3 Å². The first kappa shape index (κ1) is 15.9. The van der Waals surface area contributed by atoms with Gasteiger partial charge in [-0.1, -0.05) is 6.92 Å². The lowest BCUT2D eigenvalue weighted by molar-refractivity contribution is 0.273. The summed E-state index contributed by atoms with van der Waals surface area (Å²) in [4.78, 5) is 0. The summed E-state index contributed by atoms with van der Waals surface area (Å²) in [6.07, 6.45) is 2.69. The van der Waals surface area contributed by atoms with Gasteiger partial charge in [0.25, 0.3) is 0 Å². The molecule has 0 aromatic heterocycles. The molecule has 0 saturated heterocycles. The summed E-state index contributed by atoms with van der Waals surface area (Å²) in [6.45, 7) is 8.90. The van der Waals surface area contributed by atoms with Crippen molar-refractivity contribution in [1.82, 2.24) is 0 Å². The number of hydrogen-bond donors (Lipinski definition) is 1. The van der Waals surface area contributed by atoms with E-state index in [4.69, 9.17) is 10.5 Å². The van der Waals surface area contributed by atoms with Gasteiger partial charge in [0.1, 0.15) is 0 Å². The highest BCUT2D eigenvalue weighted by Crippen LogP contribution is 2.41. The summed E-state index contributed by atoms with van der Waals surface area (Å²) < 4.78 is 20.2. The number of fused-ring (bicyclic) bond motifs is 1. The molecule has 0 spiro atoms. The molecule has 2 N–H and O–H groups in total. The second-order valence-corrected chi connectivity index (χ2v) is 6.41. The van der Waals surface area contributed by atoms with E-state index in [2.05, 4.69) is 20.8 Å². The van der Waals surface area contributed by atoms with Crippen molar-refractivity contribution in [2.24, 2.45) is 0 Å². The molecule has 0 fully saturated rings. The minimum atomic E-state index is -0.253. The van der Waals surface area contributed by atoms with Crippen molar-refractivity contribution in [1.29, 1.82) is 0 Å². The molecule has 2 nitrogen and oxygen atoms in total. The van der Waals surface area contributed by atoms with Gasteiger partial charge in [0.2, 0.25) is 0 Å². The number of nitrogens with two attached hydrogens (primary N) is 1. The molecule has 23 heavy (non-hydrogen) atoms. The Morgan fingerprint density at radius 1 is 1.17 bits per heavy atom. The van der Waals surface area contributed by atoms with Crippen LogP contribution in [0.5, 0.6) is 5.75 Å². The van der Waals surface area contributed by atoms with E-state index in [1.807, 2.05) is 13.0 Å². The van der Waals surface area contributed by atoms with Gasteiger partial charge in [0.05, 0.1) is 6.61 Å². The SMILES string of the molecule is CCc1c(C)c(N)cc(C)c1-c1cc(F)c2c(c1C)CCCO2. The second kappa shape index (κ2) is 5.88. The third-order valence-corrected chi connectivity index (χ3v) is 5.01. The molecule has 0 bridgehead atoms. The Morgan fingerprint density at radius 2 is 1.91 bits per heavy atom. The Bertz CT molecular complexity index is 780. The van der Waals surface area contributed by atoms with Gasteiger partial charge in [-0.25, -0.2) is 4.39 Å². The fraction of sp³-hybridized carbons (Fsp3) is 0.400. The van der Waals surface area contributed by atoms with E-state index in [0.29, 0.717) is 12.4 Å². The minimum Gasteiger partial charge on any atom is -0.490 e. The maximum atomic E-state index is 14.6. The van der Waals surface area contributed by atoms with Crippen molar-refractivity contribution in [3.63, 3.8) is 0 Å². The van der Waals surface area contributed by atoms with Crippen molar-refractivity contribution < 1.29 is 9.13 Å². The number of benzene rings is 2. The molecule has 0 radical (unpaired) electrons. The number of halogens is 1. The van der Waals surface area contributed by atoms with E-state index in [-0.39, 0.29) is 5.82 Å². The third-order valence-electron chi connectivity index (χ3n) is 5.01. The summed E-state index contributed by atoms with van der Waals surface area (Å²) in [5.41, 5.74) is 14.6. The van der Waals surface area contributed by atoms with E-state index in [9.17, 15) is 4.39 Å². The predicted octanol–water partition coefficient (Wildman–Crippen LogP) is 4.89. The molecule has 1 heterocycles. The molecule has 0 saturated carbocycles. The zero-order valence-electron chi connectivity index (χ0n) is 14.3. The monoisotopic (exact) mass is 313 g/mol. The number of aryl methyl sites for hydroxylation is 1. The molecule has 3 heteroatoms. The number of hydrogen-bond acceptors (Lipinski definition) is 2. The van der Waals surface area contributed by atoms with Crippen molar-refractivity contribution in [3.05, 3.63) is 45.8 Å². The van der Waals surface area contributed by atoms with Crippen LogP contribution in [0, 0.1) is 26.6 Å². The molecular weight excluding hydrogens is 289 g/mol. The quantitative estimate of drug-likeness (QED) is 0.801. The van der Waals surface area contributed by atoms with Gasteiger partial charge in [-0.05, 0) is 85.5 Å². The maximum Gasteiger partial charge on any atom is 0.165 e. The zero-order valence-corrected chi connectivity index (χ0v) is 14.3. The molecule has 0 aliphatic carbocycles. The van der Waals surface area contributed by atoms with Crippen molar-refractivity contribution >= 4 is 5.69 Å². The maximum absolute atomic E-state index is 14.6. The third kappa shape index (κ3) is 2.48. The van der Waals surface area contributed by atoms with E-state index in [1.165, 1.54) is 5.56 Å². The lowest BCUT2D eigenvalue weighted by Crippen LogP contribution is -2.12. The summed E-state index contributed by atoms with van der Waals surface area (Å²) in [7, 11) is 0. The molecule has 2 aromatic carbocycles. The number of nitrogen functional groups attached to an aromatic ring is 1. The standard InChI is InChI=1S/C20H24FNO/c1-5-14-13(4)18(22)9-11(2)19(14)16-10-17(21)20-15(12(16)3)7-6-8-23-20/h9-10H,5-8,22H2,1-4H3. The number of ether oxygens (including phenoxy) is 1. The molecule has 0 unspecified atom stereocenters. The van der Waals surface area contributed by atoms with Gasteiger partial charge in [0.15, 0.2) is 11.6 Å². The summed E-state index contributed by atoms with van der Waals surface area (Å²) in [5.74, 6) is 0.191. The van der Waals surface area contributed by atoms with E-state index in [1.54, 1.807) is 6.07 Å². The molecule has 3 rings (SSSR count). The topological polar surface area (TPSA) is 35.2 Å². The van der Waals surface area contributed by atoms with Gasteiger partial charge in [-0.2, -0.15) is 0 Å². The van der Waals surface area contributed by atoms with Crippen LogP contribution in [-0.4, -0.2) is 6.61 Å². The smallest absolute Gasteiger partial charge is 0.165 e. The normalized spacial score (nSPS) is 13.6. The lowest BCUT2D eigenvalue weighted by atomic mass is 9.85. The Morgan fingerprint density at radius 3 is 2.61 bits per heavy atom. The second-order valence-electron chi connectivity index (χ2n) is 6.41. The number of rotatable bonds is 2. The van der Waals surface area contributed by atoms with Gasteiger partial charge in [-0.3, -0.25) is 0 Å². The first-order valence-corrected chi connectivity index (χ1v) is 8.29. The van der Waals surface area contributed by atoms with Gasteiger partial charge in [0, 0.05) is 11.3 Å². The average Bonchev–Trinajstić information content (AvgIpc) is 2.54. The van der Waals surface area contributed by atoms with Crippen LogP contribution in [0.1, 0.15) is 41.2 Å². The summed E-state index contributed by atoms with van der Waals surface area (Å²) in [6, 6.07) is 3.63. The highest BCUT2D eigenvalue weighted by Gasteiger charge is 2.23. The summed E-state index contributed by atoms with van der Waals surface area (Å²) >= 11 is 0. The highest BCUT2D eigenvalue weighted by atomic mass is 19.1. The number of anilines is 1. The van der Waals surface area contributed by atoms with Crippen LogP contribution < -0.4 is 10.5 Å². The Hall–Kier alpha value is -2.03. The highest BCUT2D eigenvalue weighted by molar-refractivity contribution is 5.79. The lowest BCUT2D eigenvalue weighted by Gasteiger charge is -2.24. The van der Waals surface area contributed by atoms with Crippen LogP contribution in [0.3, 0.4) is 0 Å². The van der Waals surface area contributed by atoms with E-state index in [0.717, 1.165) is 58.3 Å². The van der Waals surface area contributed by atoms with Crippen LogP contribution in [0.25, 0.3) is 11.1 Å². The first-order valence-electron chi connectivity index (χ1n) is 8.29. The molecule has 1 aliphatic rings. The Kier molecular flexibility index (Phi) is 4.05. The van der Waals surface area contributed by atoms with Crippen LogP contribution >= 0.6 is 0 Å². The van der Waals surface area contributed by atoms with Crippen molar-refractivity contribution in [3.8, 4) is 16.9 Å². The molecule has 1 aliphatic heterocycles. The molecular formula is C20H24FNO. The van der Waals surface area contributed by atoms with Crippen LogP contribution in [0.4, 0.5) is 10.1 Å². The fourth-order valence-corrected chi connectivity index (χ4v) is 3.75. The van der Waals surface area contributed by atoms with Crippen molar-refractivity contribution in [2.45, 2.75) is 47.0 Å². The summed E-state index contributed by atoms with van der Waals surface area (Å²) in [5, 5.41) is 0. The first-order chi connectivity index (χ1) is 11.0. The molecule has 2 aromatic rings. The zero-order chi connectivity index (χ0) is 16.7. The Labute approximate surface area is 137 Å². The van der Waals surface area contributed by atoms with Crippen LogP contribution in [0.15, 0.2) is 12.1 Å². The van der Waals surface area contributed by atoms with Crippen LogP contribution in [-0.2, 0) is 12.8 Å². The minimum absolute atomic E-state index is 0.253. The molecule has 0 atom stereocenters. The largest absolute Gasteiger partial charge is 0.490 e. The van der Waals surface area contributed by atoms with Gasteiger partial charge in [-0.15, -0.1) is 0 Å². The van der Waals surface area contributed by atoms with Gasteiger partial charge >= 0.3 is 0 Å². The average molecular weight is 313 g/mol. The predicted molar refractivity (Wildman–Crippen MR) is 93.7 cm³/mol. The molecule has 122 valence electrons.